The van der Waals surface area contributed by atoms with Gasteiger partial charge in [0.15, 0.2) is 5.96 Å². The van der Waals surface area contributed by atoms with Crippen molar-refractivity contribution in [1.82, 2.24) is 20.4 Å². The molecule has 0 spiro atoms. The van der Waals surface area contributed by atoms with Crippen LogP contribution >= 0.6 is 11.8 Å². The first-order valence-electron chi connectivity index (χ1n) is 8.81. The average molecular weight is 336 g/mol. The first kappa shape index (κ1) is 16.7. The zero-order valence-electron chi connectivity index (χ0n) is 14.3. The summed E-state index contributed by atoms with van der Waals surface area (Å²) in [7, 11) is 1.83. The van der Waals surface area contributed by atoms with Crippen LogP contribution in [0.5, 0.6) is 0 Å². The number of hydrogen-bond acceptors (Lipinski definition) is 3. The monoisotopic (exact) mass is 335 g/mol. The van der Waals surface area contributed by atoms with E-state index < -0.39 is 0 Å². The highest BCUT2D eigenvalue weighted by atomic mass is 32.2. The third-order valence-electron chi connectivity index (χ3n) is 4.95. The Morgan fingerprint density at radius 1 is 1.39 bits per heavy atom. The summed E-state index contributed by atoms with van der Waals surface area (Å²) in [5.74, 6) is 2.15. The third kappa shape index (κ3) is 4.43. The molecule has 1 aliphatic carbocycles. The fourth-order valence-corrected chi connectivity index (χ4v) is 4.73. The molecule has 3 rings (SSSR count). The van der Waals surface area contributed by atoms with Crippen LogP contribution in [0, 0.1) is 0 Å². The van der Waals surface area contributed by atoms with Crippen LogP contribution in [-0.4, -0.2) is 39.8 Å². The second-order valence-electron chi connectivity index (χ2n) is 6.91. The molecule has 5 nitrogen and oxygen atoms in total. The molecule has 0 amide bonds. The highest BCUT2D eigenvalue weighted by molar-refractivity contribution is 8.00. The molecule has 1 aromatic heterocycles. The van der Waals surface area contributed by atoms with Gasteiger partial charge in [-0.3, -0.25) is 9.67 Å². The minimum atomic E-state index is 0.349. The van der Waals surface area contributed by atoms with Gasteiger partial charge in [-0.1, -0.05) is 12.8 Å². The molecule has 128 valence electrons. The van der Waals surface area contributed by atoms with Crippen LogP contribution in [0.1, 0.15) is 57.2 Å². The first-order chi connectivity index (χ1) is 11.2. The van der Waals surface area contributed by atoms with E-state index in [2.05, 4.69) is 51.3 Å². The number of thioether (sulfide) groups is 1. The van der Waals surface area contributed by atoms with Gasteiger partial charge in [-0.2, -0.15) is 16.9 Å². The zero-order chi connectivity index (χ0) is 16.1. The fraction of sp³-hybridized carbons (Fsp3) is 0.765. The van der Waals surface area contributed by atoms with Crippen LogP contribution in [0.25, 0.3) is 0 Å². The molecule has 6 heteroatoms. The number of nitrogens with one attached hydrogen (secondary N) is 2. The Morgan fingerprint density at radius 2 is 2.22 bits per heavy atom. The normalized spacial score (nSPS) is 25.9. The van der Waals surface area contributed by atoms with E-state index in [9.17, 15) is 0 Å². The number of aliphatic imine (C=N–C) groups is 1. The van der Waals surface area contributed by atoms with Gasteiger partial charge in [-0.05, 0) is 44.4 Å². The Balaban J connectivity index is 1.46. The first-order valence-corrected chi connectivity index (χ1v) is 9.80. The quantitative estimate of drug-likeness (QED) is 0.642. The highest BCUT2D eigenvalue weighted by Crippen LogP contribution is 2.36. The lowest BCUT2D eigenvalue weighted by molar-refractivity contribution is 0.462. The molecule has 1 unspecified atom stereocenters. The Kier molecular flexibility index (Phi) is 5.51. The van der Waals surface area contributed by atoms with Crippen molar-refractivity contribution in [3.8, 4) is 0 Å². The van der Waals surface area contributed by atoms with E-state index in [-0.39, 0.29) is 0 Å². The summed E-state index contributed by atoms with van der Waals surface area (Å²) in [6, 6.07) is 2.73. The average Bonchev–Trinajstić information content (AvgIpc) is 3.29. The standard InChI is InChI=1S/C17H29N5S/c1-17(9-5-11-23-17)13-20-16(18-2)19-12-14-8-10-22(21-14)15-6-3-4-7-15/h8,10,15H,3-7,9,11-13H2,1-2H3,(H2,18,19,20). The molecule has 1 aliphatic heterocycles. The van der Waals surface area contributed by atoms with Gasteiger partial charge in [0.05, 0.1) is 18.3 Å². The summed E-state index contributed by atoms with van der Waals surface area (Å²) in [5, 5.41) is 11.6. The van der Waals surface area contributed by atoms with E-state index in [1.165, 1.54) is 44.3 Å². The molecular formula is C17H29N5S. The second-order valence-corrected chi connectivity index (χ2v) is 8.59. The van der Waals surface area contributed by atoms with Gasteiger partial charge in [0.2, 0.25) is 0 Å². The number of nitrogens with zero attached hydrogens (tertiary/aromatic N) is 3. The van der Waals surface area contributed by atoms with Gasteiger partial charge >= 0.3 is 0 Å². The van der Waals surface area contributed by atoms with E-state index in [0.717, 1.165) is 24.7 Å². The van der Waals surface area contributed by atoms with Crippen molar-refractivity contribution < 1.29 is 0 Å². The SMILES string of the molecule is CN=C(NCc1ccn(C2CCCC2)n1)NCC1(C)CCCS1. The Morgan fingerprint density at radius 3 is 2.91 bits per heavy atom. The van der Waals surface area contributed by atoms with Gasteiger partial charge < -0.3 is 10.6 Å². The topological polar surface area (TPSA) is 54.2 Å². The van der Waals surface area contributed by atoms with Gasteiger partial charge in [-0.15, -0.1) is 0 Å². The minimum Gasteiger partial charge on any atom is -0.355 e. The highest BCUT2D eigenvalue weighted by Gasteiger charge is 2.29. The Labute approximate surface area is 143 Å². The summed E-state index contributed by atoms with van der Waals surface area (Å²) in [6.07, 6.45) is 9.96. The van der Waals surface area contributed by atoms with Crippen LogP contribution in [0.2, 0.25) is 0 Å². The summed E-state index contributed by atoms with van der Waals surface area (Å²) in [5.41, 5.74) is 1.08. The zero-order valence-corrected chi connectivity index (χ0v) is 15.2. The molecule has 0 aromatic carbocycles. The maximum absolute atomic E-state index is 4.72. The van der Waals surface area contributed by atoms with Crippen LogP contribution in [-0.2, 0) is 6.54 Å². The van der Waals surface area contributed by atoms with Crippen molar-refractivity contribution in [2.45, 2.75) is 62.8 Å². The molecule has 2 N–H and O–H groups in total. The van der Waals surface area contributed by atoms with E-state index >= 15 is 0 Å². The molecule has 1 saturated carbocycles. The molecule has 2 aliphatic rings. The molecule has 1 aromatic rings. The van der Waals surface area contributed by atoms with Crippen molar-refractivity contribution in [3.63, 3.8) is 0 Å². The van der Waals surface area contributed by atoms with E-state index in [1.54, 1.807) is 0 Å². The second kappa shape index (κ2) is 7.60. The number of rotatable bonds is 5. The molecule has 0 radical (unpaired) electrons. The molecule has 1 atom stereocenters. The summed E-state index contributed by atoms with van der Waals surface area (Å²) < 4.78 is 2.50. The molecule has 2 heterocycles. The maximum atomic E-state index is 4.72. The van der Waals surface area contributed by atoms with Crippen molar-refractivity contribution >= 4 is 17.7 Å². The van der Waals surface area contributed by atoms with E-state index in [0.29, 0.717) is 10.8 Å². The smallest absolute Gasteiger partial charge is 0.191 e. The van der Waals surface area contributed by atoms with Crippen molar-refractivity contribution in [2.75, 3.05) is 19.3 Å². The number of aromatic nitrogens is 2. The minimum absolute atomic E-state index is 0.349. The lowest BCUT2D eigenvalue weighted by Crippen LogP contribution is -2.43. The lowest BCUT2D eigenvalue weighted by atomic mass is 10.1. The lowest BCUT2D eigenvalue weighted by Gasteiger charge is -2.24. The predicted octanol–water partition coefficient (Wildman–Crippen LogP) is 2.95. The van der Waals surface area contributed by atoms with Gasteiger partial charge in [0, 0.05) is 24.5 Å². The Hall–Kier alpha value is -1.17. The molecule has 2 fully saturated rings. The number of guanidine groups is 1. The van der Waals surface area contributed by atoms with Crippen molar-refractivity contribution in [2.24, 2.45) is 4.99 Å². The van der Waals surface area contributed by atoms with E-state index in [1.807, 2.05) is 7.05 Å². The maximum Gasteiger partial charge on any atom is 0.191 e. The summed E-state index contributed by atoms with van der Waals surface area (Å²) >= 11 is 2.07. The molecule has 1 saturated heterocycles. The third-order valence-corrected chi connectivity index (χ3v) is 6.49. The van der Waals surface area contributed by atoms with Gasteiger partial charge in [0.1, 0.15) is 0 Å². The summed E-state index contributed by atoms with van der Waals surface area (Å²) in [6.45, 7) is 4.03. The Bertz CT molecular complexity index is 527. The van der Waals surface area contributed by atoms with Crippen molar-refractivity contribution in [3.05, 3.63) is 18.0 Å². The van der Waals surface area contributed by atoms with Crippen LogP contribution in [0.4, 0.5) is 0 Å². The largest absolute Gasteiger partial charge is 0.355 e. The van der Waals surface area contributed by atoms with Crippen LogP contribution < -0.4 is 10.6 Å². The van der Waals surface area contributed by atoms with Crippen LogP contribution in [0.15, 0.2) is 17.3 Å². The molecule has 0 bridgehead atoms. The fourth-order valence-electron chi connectivity index (χ4n) is 3.49. The van der Waals surface area contributed by atoms with E-state index in [4.69, 9.17) is 5.10 Å². The number of hydrogen-bond donors (Lipinski definition) is 2. The van der Waals surface area contributed by atoms with Gasteiger partial charge in [0.25, 0.3) is 0 Å². The summed E-state index contributed by atoms with van der Waals surface area (Å²) in [4.78, 5) is 4.33. The molecular weight excluding hydrogens is 306 g/mol. The predicted molar refractivity (Wildman–Crippen MR) is 98.0 cm³/mol. The van der Waals surface area contributed by atoms with Crippen LogP contribution in [0.3, 0.4) is 0 Å². The van der Waals surface area contributed by atoms with Gasteiger partial charge in [-0.25, -0.2) is 0 Å². The molecule has 23 heavy (non-hydrogen) atoms. The van der Waals surface area contributed by atoms with Crippen molar-refractivity contribution in [1.29, 1.82) is 0 Å².